The van der Waals surface area contributed by atoms with Crippen molar-refractivity contribution in [3.63, 3.8) is 0 Å². The number of hydrogen-bond donors (Lipinski definition) is 0. The molecule has 5 rings (SSSR count). The van der Waals surface area contributed by atoms with Crippen LogP contribution in [-0.2, 0) is 16.1 Å². The third kappa shape index (κ3) is 3.61. The van der Waals surface area contributed by atoms with Gasteiger partial charge in [0.25, 0.3) is 5.56 Å². The smallest absolute Gasteiger partial charge is 0.251 e. The Labute approximate surface area is 176 Å². The highest BCUT2D eigenvalue weighted by Gasteiger charge is 2.45. The molecule has 0 N–H and O–H groups in total. The predicted molar refractivity (Wildman–Crippen MR) is 111 cm³/mol. The van der Waals surface area contributed by atoms with Crippen molar-refractivity contribution in [2.45, 2.75) is 38.3 Å². The summed E-state index contributed by atoms with van der Waals surface area (Å²) in [7, 11) is 0. The number of carbonyl (C=O) groups excluding carboxylic acids is 1. The average molecular weight is 412 g/mol. The number of fused-ring (bicyclic) bond motifs is 4. The Morgan fingerprint density at radius 2 is 2.03 bits per heavy atom. The Morgan fingerprint density at radius 1 is 1.13 bits per heavy atom. The second-order valence-electron chi connectivity index (χ2n) is 8.79. The zero-order valence-electron chi connectivity index (χ0n) is 17.5. The van der Waals surface area contributed by atoms with E-state index >= 15 is 0 Å². The van der Waals surface area contributed by atoms with Gasteiger partial charge in [0.05, 0.1) is 13.2 Å². The fourth-order valence-corrected chi connectivity index (χ4v) is 5.42. The highest BCUT2D eigenvalue weighted by molar-refractivity contribution is 5.81. The summed E-state index contributed by atoms with van der Waals surface area (Å²) >= 11 is 0. The van der Waals surface area contributed by atoms with Gasteiger partial charge in [0.1, 0.15) is 17.6 Å². The van der Waals surface area contributed by atoms with Crippen molar-refractivity contribution in [3.8, 4) is 0 Å². The quantitative estimate of drug-likeness (QED) is 0.774. The molecule has 5 heterocycles. The van der Waals surface area contributed by atoms with Gasteiger partial charge in [0.15, 0.2) is 0 Å². The molecule has 7 heteroatoms. The zero-order chi connectivity index (χ0) is 20.7. The number of rotatable bonds is 3. The summed E-state index contributed by atoms with van der Waals surface area (Å²) in [5.41, 5.74) is 0.922. The van der Waals surface area contributed by atoms with Gasteiger partial charge >= 0.3 is 0 Å². The lowest BCUT2D eigenvalue weighted by Crippen LogP contribution is -2.54. The van der Waals surface area contributed by atoms with Gasteiger partial charge in [-0.05, 0) is 38.0 Å². The fourth-order valence-electron chi connectivity index (χ4n) is 5.42. The molecule has 0 spiro atoms. The van der Waals surface area contributed by atoms with E-state index in [1.54, 1.807) is 10.6 Å². The number of ether oxygens (including phenoxy) is 1. The number of carbonyl (C=O) groups is 1. The molecule has 160 valence electrons. The molecule has 3 aliphatic rings. The van der Waals surface area contributed by atoms with Gasteiger partial charge in [-0.3, -0.25) is 19.1 Å². The number of piperidine rings is 1. The molecule has 1 amide bonds. The maximum Gasteiger partial charge on any atom is 0.251 e. The number of amides is 1. The van der Waals surface area contributed by atoms with E-state index in [0.717, 1.165) is 49.7 Å². The van der Waals surface area contributed by atoms with Crippen LogP contribution in [0.2, 0.25) is 0 Å². The fraction of sp³-hybridized carbons (Fsp3) is 0.565. The topological polar surface area (TPSA) is 67.9 Å². The minimum absolute atomic E-state index is 0.0641. The molecular formula is C23H29N3O4. The van der Waals surface area contributed by atoms with Gasteiger partial charge in [-0.15, -0.1) is 0 Å². The molecule has 30 heavy (non-hydrogen) atoms. The van der Waals surface area contributed by atoms with E-state index in [0.29, 0.717) is 26.3 Å². The summed E-state index contributed by atoms with van der Waals surface area (Å²) in [6, 6.07) is 9.00. The van der Waals surface area contributed by atoms with Crippen molar-refractivity contribution >= 4 is 5.91 Å². The zero-order valence-corrected chi connectivity index (χ0v) is 17.5. The van der Waals surface area contributed by atoms with Gasteiger partial charge in [-0.1, -0.05) is 6.07 Å². The summed E-state index contributed by atoms with van der Waals surface area (Å²) in [6.45, 7) is 6.89. The van der Waals surface area contributed by atoms with Crippen molar-refractivity contribution in [1.29, 1.82) is 0 Å². The van der Waals surface area contributed by atoms with Crippen LogP contribution < -0.4 is 5.56 Å². The summed E-state index contributed by atoms with van der Waals surface area (Å²) < 4.78 is 13.1. The molecule has 2 saturated heterocycles. The summed E-state index contributed by atoms with van der Waals surface area (Å²) in [6.07, 6.45) is 1.78. The molecular weight excluding hydrogens is 382 g/mol. The van der Waals surface area contributed by atoms with Crippen LogP contribution in [-0.4, -0.2) is 59.7 Å². The SMILES string of the molecule is Cc1ccc(CN2C[C@@H]3C[C@H](C2)[C@H](C(=O)N2CCCOCC2)n2c3cccc2=O)o1. The third-order valence-corrected chi connectivity index (χ3v) is 6.69. The molecule has 0 radical (unpaired) electrons. The van der Waals surface area contributed by atoms with Gasteiger partial charge < -0.3 is 14.1 Å². The van der Waals surface area contributed by atoms with Crippen LogP contribution >= 0.6 is 0 Å². The average Bonchev–Trinajstić information content (AvgIpc) is 2.97. The van der Waals surface area contributed by atoms with Crippen LogP contribution in [0.5, 0.6) is 0 Å². The van der Waals surface area contributed by atoms with E-state index in [-0.39, 0.29) is 23.3 Å². The molecule has 3 atom stereocenters. The van der Waals surface area contributed by atoms with E-state index in [1.807, 2.05) is 36.1 Å². The van der Waals surface area contributed by atoms with Gasteiger partial charge in [0.2, 0.25) is 5.91 Å². The van der Waals surface area contributed by atoms with Crippen LogP contribution in [0, 0.1) is 12.8 Å². The normalized spacial score (nSPS) is 26.8. The first-order valence-corrected chi connectivity index (χ1v) is 11.0. The van der Waals surface area contributed by atoms with E-state index < -0.39 is 6.04 Å². The molecule has 3 aliphatic heterocycles. The predicted octanol–water partition coefficient (Wildman–Crippen LogP) is 2.16. The largest absolute Gasteiger partial charge is 0.465 e. The van der Waals surface area contributed by atoms with Gasteiger partial charge in [0, 0.05) is 56.4 Å². The molecule has 0 aromatic carbocycles. The molecule has 7 nitrogen and oxygen atoms in total. The minimum Gasteiger partial charge on any atom is -0.465 e. The molecule has 0 saturated carbocycles. The number of pyridine rings is 1. The number of aromatic nitrogens is 1. The standard InChI is InChI=1S/C23H29N3O4/c1-16-6-7-19(30-16)15-24-13-17-12-18(14-24)22(26-20(17)4-2-5-21(26)27)23(28)25-8-3-10-29-11-9-25/h2,4-7,17-18,22H,3,8-15H2,1H3/t17-,18+,22+/m0/s1. The van der Waals surface area contributed by atoms with E-state index in [1.165, 1.54) is 0 Å². The number of nitrogens with zero attached hydrogens (tertiary/aromatic N) is 3. The molecule has 2 bridgehead atoms. The lowest BCUT2D eigenvalue weighted by atomic mass is 9.78. The first-order valence-electron chi connectivity index (χ1n) is 11.0. The summed E-state index contributed by atoms with van der Waals surface area (Å²) in [4.78, 5) is 30.8. The van der Waals surface area contributed by atoms with Gasteiger partial charge in [-0.25, -0.2) is 0 Å². The van der Waals surface area contributed by atoms with Crippen molar-refractivity contribution in [2.24, 2.45) is 5.92 Å². The molecule has 0 aliphatic carbocycles. The molecule has 2 aromatic rings. The minimum atomic E-state index is -0.441. The van der Waals surface area contributed by atoms with Crippen molar-refractivity contribution < 1.29 is 13.9 Å². The lowest BCUT2D eigenvalue weighted by Gasteiger charge is -2.47. The van der Waals surface area contributed by atoms with Gasteiger partial charge in [-0.2, -0.15) is 0 Å². The number of furan rings is 1. The first-order chi connectivity index (χ1) is 14.6. The van der Waals surface area contributed by atoms with Crippen LogP contribution in [0.25, 0.3) is 0 Å². The Hall–Kier alpha value is -2.38. The second kappa shape index (κ2) is 8.04. The number of aryl methyl sites for hydroxylation is 1. The summed E-state index contributed by atoms with van der Waals surface area (Å²) in [5.74, 6) is 2.30. The number of likely N-dealkylation sites (tertiary alicyclic amines) is 1. The maximum absolute atomic E-state index is 13.7. The Balaban J connectivity index is 1.47. The maximum atomic E-state index is 13.7. The first kappa shape index (κ1) is 19.6. The highest BCUT2D eigenvalue weighted by Crippen LogP contribution is 2.42. The van der Waals surface area contributed by atoms with Crippen molar-refractivity contribution in [3.05, 3.63) is 57.9 Å². The summed E-state index contributed by atoms with van der Waals surface area (Å²) in [5, 5.41) is 0. The highest BCUT2D eigenvalue weighted by atomic mass is 16.5. The van der Waals surface area contributed by atoms with Crippen LogP contribution in [0.1, 0.15) is 42.0 Å². The Bertz CT molecular complexity index is 973. The third-order valence-electron chi connectivity index (χ3n) is 6.69. The van der Waals surface area contributed by atoms with Crippen LogP contribution in [0.4, 0.5) is 0 Å². The van der Waals surface area contributed by atoms with Crippen LogP contribution in [0.15, 0.2) is 39.5 Å². The van der Waals surface area contributed by atoms with Crippen molar-refractivity contribution in [1.82, 2.24) is 14.4 Å². The monoisotopic (exact) mass is 411 g/mol. The lowest BCUT2D eigenvalue weighted by molar-refractivity contribution is -0.138. The molecule has 2 fully saturated rings. The Morgan fingerprint density at radius 3 is 2.87 bits per heavy atom. The number of hydrogen-bond acceptors (Lipinski definition) is 5. The van der Waals surface area contributed by atoms with E-state index in [4.69, 9.17) is 9.15 Å². The van der Waals surface area contributed by atoms with Crippen LogP contribution in [0.3, 0.4) is 0 Å². The second-order valence-corrected chi connectivity index (χ2v) is 8.79. The molecule has 2 aromatic heterocycles. The molecule has 0 unspecified atom stereocenters. The van der Waals surface area contributed by atoms with E-state index in [2.05, 4.69) is 4.90 Å². The van der Waals surface area contributed by atoms with E-state index in [9.17, 15) is 9.59 Å². The van der Waals surface area contributed by atoms with Crippen molar-refractivity contribution in [2.75, 3.05) is 39.4 Å². The Kier molecular flexibility index (Phi) is 5.25.